The van der Waals surface area contributed by atoms with Gasteiger partial charge in [0.25, 0.3) is 5.91 Å². The summed E-state index contributed by atoms with van der Waals surface area (Å²) >= 11 is 11.2. The van der Waals surface area contributed by atoms with Crippen molar-refractivity contribution >= 4 is 58.0 Å². The van der Waals surface area contributed by atoms with Crippen LogP contribution in [0, 0.1) is 0 Å². The summed E-state index contributed by atoms with van der Waals surface area (Å²) in [6.45, 7) is 13.0. The van der Waals surface area contributed by atoms with Gasteiger partial charge in [0.2, 0.25) is 11.6 Å². The van der Waals surface area contributed by atoms with Crippen molar-refractivity contribution in [3.8, 4) is 0 Å². The number of carbonyl (C=O) groups is 4. The minimum absolute atomic E-state index is 0.0523. The average molecular weight is 525 g/mol. The van der Waals surface area contributed by atoms with Gasteiger partial charge in [-0.2, -0.15) is 0 Å². The Balaban J connectivity index is 1.73. The molecule has 2 fully saturated rings. The fourth-order valence-corrected chi connectivity index (χ4v) is 5.88. The van der Waals surface area contributed by atoms with Crippen molar-refractivity contribution in [3.63, 3.8) is 0 Å². The molecular weight excluding hydrogens is 484 g/mol. The molecule has 2 aliphatic heterocycles. The second-order valence-electron chi connectivity index (χ2n) is 10.4. The van der Waals surface area contributed by atoms with E-state index >= 15 is 0 Å². The molecule has 35 heavy (non-hydrogen) atoms. The van der Waals surface area contributed by atoms with Crippen molar-refractivity contribution in [2.45, 2.75) is 97.6 Å². The topological polar surface area (TPSA) is 81.2 Å². The van der Waals surface area contributed by atoms with E-state index in [2.05, 4.69) is 30.6 Å². The molecule has 0 aliphatic carbocycles. The zero-order valence-electron chi connectivity index (χ0n) is 22.0. The molecule has 0 bridgehead atoms. The highest BCUT2D eigenvalue weighted by atomic mass is 32.1. The van der Waals surface area contributed by atoms with E-state index in [9.17, 15) is 19.2 Å². The van der Waals surface area contributed by atoms with Crippen LogP contribution in [0.2, 0.25) is 0 Å². The molecule has 2 heterocycles. The second-order valence-corrected chi connectivity index (χ2v) is 11.3. The number of amides is 3. The van der Waals surface area contributed by atoms with Gasteiger partial charge in [-0.1, -0.05) is 37.9 Å². The summed E-state index contributed by atoms with van der Waals surface area (Å²) in [7, 11) is 0. The van der Waals surface area contributed by atoms with Gasteiger partial charge in [0, 0.05) is 25.0 Å². The van der Waals surface area contributed by atoms with Crippen LogP contribution >= 0.6 is 24.4 Å². The van der Waals surface area contributed by atoms with Gasteiger partial charge < -0.3 is 14.7 Å². The van der Waals surface area contributed by atoms with Crippen molar-refractivity contribution < 1.29 is 19.2 Å². The highest BCUT2D eigenvalue weighted by Gasteiger charge is 2.49. The number of Topliss-reactive ketones (excluding diaryl/α,β-unsaturated/α-hetero) is 2. The summed E-state index contributed by atoms with van der Waals surface area (Å²) in [5, 5.41) is 0.813. The van der Waals surface area contributed by atoms with Gasteiger partial charge in [-0.25, -0.2) is 9.69 Å². The molecule has 2 saturated heterocycles. The first-order valence-electron chi connectivity index (χ1n) is 12.6. The van der Waals surface area contributed by atoms with Gasteiger partial charge in [0.05, 0.1) is 6.54 Å². The van der Waals surface area contributed by atoms with E-state index in [1.165, 1.54) is 18.7 Å². The standard InChI is InChI=1S/C25H40N4O4S2/c1-7-26-16-19(31)28(22(26)33)25(5,6)21(32)18(30)14-12-10-9-11-13-15-24(3,4)29-20(34)17-27(8-2)23(29)35/h7-17H2,1-6H3. The Hall–Kier alpha value is -1.94. The second kappa shape index (κ2) is 11.9. The van der Waals surface area contributed by atoms with Crippen LogP contribution in [0.15, 0.2) is 0 Å². The molecular formula is C25H40N4O4S2. The molecule has 10 heteroatoms. The predicted octanol–water partition coefficient (Wildman–Crippen LogP) is 3.95. The van der Waals surface area contributed by atoms with E-state index in [1.54, 1.807) is 6.92 Å². The fraction of sp³-hybridized carbons (Fsp3) is 0.760. The number of rotatable bonds is 14. The number of unbranched alkanes of at least 4 members (excludes halogenated alkanes) is 4. The molecule has 196 valence electrons. The number of likely N-dealkylation sites (N-methyl/N-ethyl adjacent to an activating group) is 2. The largest absolute Gasteiger partial charge is 0.342 e. The molecule has 0 saturated carbocycles. The van der Waals surface area contributed by atoms with Crippen molar-refractivity contribution in [2.75, 3.05) is 26.2 Å². The SMILES string of the molecule is CCN1CC(=O)N(C(C)(C)C(=O)C(=O)CCCCCCCC(C)(C)N2C(=S)CN(CC)C2=S)C1=O. The van der Waals surface area contributed by atoms with Gasteiger partial charge in [-0.3, -0.25) is 14.4 Å². The van der Waals surface area contributed by atoms with E-state index in [-0.39, 0.29) is 18.5 Å². The van der Waals surface area contributed by atoms with Gasteiger partial charge >= 0.3 is 6.03 Å². The lowest BCUT2D eigenvalue weighted by atomic mass is 9.91. The van der Waals surface area contributed by atoms with Crippen LogP contribution in [0.3, 0.4) is 0 Å². The molecule has 0 N–H and O–H groups in total. The molecule has 0 radical (unpaired) electrons. The molecule has 8 nitrogen and oxygen atoms in total. The number of urea groups is 1. The van der Waals surface area contributed by atoms with Crippen molar-refractivity contribution in [1.82, 2.24) is 19.6 Å². The van der Waals surface area contributed by atoms with Crippen LogP contribution in [0.4, 0.5) is 4.79 Å². The van der Waals surface area contributed by atoms with Crippen LogP contribution in [0.5, 0.6) is 0 Å². The van der Waals surface area contributed by atoms with Gasteiger partial charge in [-0.15, -0.1) is 0 Å². The summed E-state index contributed by atoms with van der Waals surface area (Å²) in [6.07, 6.45) is 5.55. The van der Waals surface area contributed by atoms with E-state index < -0.39 is 29.0 Å². The van der Waals surface area contributed by atoms with Crippen LogP contribution in [0.25, 0.3) is 0 Å². The highest BCUT2D eigenvalue weighted by molar-refractivity contribution is 7.82. The summed E-state index contributed by atoms with van der Waals surface area (Å²) in [6, 6.07) is -0.510. The predicted molar refractivity (Wildman–Crippen MR) is 144 cm³/mol. The summed E-state index contributed by atoms with van der Waals surface area (Å²) in [5.74, 6) is -1.65. The Morgan fingerprint density at radius 3 is 1.94 bits per heavy atom. The number of carbonyl (C=O) groups excluding carboxylic acids is 4. The number of nitrogens with zero attached hydrogens (tertiary/aromatic N) is 4. The van der Waals surface area contributed by atoms with Gasteiger partial charge in [0.1, 0.15) is 17.1 Å². The quantitative estimate of drug-likeness (QED) is 0.146. The summed E-state index contributed by atoms with van der Waals surface area (Å²) in [4.78, 5) is 57.5. The lowest BCUT2D eigenvalue weighted by Gasteiger charge is -2.37. The van der Waals surface area contributed by atoms with E-state index in [0.29, 0.717) is 19.5 Å². The zero-order chi connectivity index (χ0) is 26.6. The van der Waals surface area contributed by atoms with Crippen molar-refractivity contribution in [1.29, 1.82) is 0 Å². The Bertz CT molecular complexity index is 887. The van der Waals surface area contributed by atoms with Gasteiger partial charge in [-0.05, 0) is 66.6 Å². The van der Waals surface area contributed by atoms with E-state index in [0.717, 1.165) is 53.6 Å². The number of thiocarbonyl (C=S) groups is 2. The minimum atomic E-state index is -1.47. The van der Waals surface area contributed by atoms with E-state index in [4.69, 9.17) is 24.4 Å². The third kappa shape index (κ3) is 6.44. The number of hydrogen-bond acceptors (Lipinski definition) is 6. The van der Waals surface area contributed by atoms with Gasteiger partial charge in [0.15, 0.2) is 5.11 Å². The molecule has 2 rings (SSSR count). The number of ketones is 2. The maximum atomic E-state index is 12.8. The maximum absolute atomic E-state index is 12.8. The fourth-order valence-electron chi connectivity index (χ4n) is 4.78. The maximum Gasteiger partial charge on any atom is 0.328 e. The molecule has 0 aromatic carbocycles. The molecule has 0 unspecified atom stereocenters. The third-order valence-electron chi connectivity index (χ3n) is 7.00. The van der Waals surface area contributed by atoms with Crippen molar-refractivity contribution in [3.05, 3.63) is 0 Å². The smallest absolute Gasteiger partial charge is 0.328 e. The molecule has 0 aromatic rings. The Morgan fingerprint density at radius 1 is 0.829 bits per heavy atom. The normalized spacial score (nSPS) is 17.3. The lowest BCUT2D eigenvalue weighted by molar-refractivity contribution is -0.145. The first-order valence-corrected chi connectivity index (χ1v) is 13.4. The molecule has 3 amide bonds. The van der Waals surface area contributed by atoms with E-state index in [1.807, 2.05) is 0 Å². The Kier molecular flexibility index (Phi) is 9.93. The first kappa shape index (κ1) is 29.3. The van der Waals surface area contributed by atoms with Crippen LogP contribution < -0.4 is 0 Å². The number of hydrogen-bond donors (Lipinski definition) is 0. The third-order valence-corrected chi connectivity index (χ3v) is 7.76. The summed E-state index contributed by atoms with van der Waals surface area (Å²) < 4.78 is 0. The minimum Gasteiger partial charge on any atom is -0.342 e. The van der Waals surface area contributed by atoms with Crippen LogP contribution in [-0.4, -0.2) is 90.5 Å². The molecule has 0 atom stereocenters. The lowest BCUT2D eigenvalue weighted by Crippen LogP contribution is -2.55. The monoisotopic (exact) mass is 524 g/mol. The molecule has 0 spiro atoms. The van der Waals surface area contributed by atoms with Crippen LogP contribution in [-0.2, 0) is 14.4 Å². The highest BCUT2D eigenvalue weighted by Crippen LogP contribution is 2.29. The van der Waals surface area contributed by atoms with Crippen molar-refractivity contribution in [2.24, 2.45) is 0 Å². The Morgan fingerprint density at radius 2 is 1.40 bits per heavy atom. The van der Waals surface area contributed by atoms with Crippen LogP contribution in [0.1, 0.15) is 86.5 Å². The molecule has 0 aromatic heterocycles. The average Bonchev–Trinajstić information content (AvgIpc) is 3.25. The number of imide groups is 1. The Labute approximate surface area is 220 Å². The zero-order valence-corrected chi connectivity index (χ0v) is 23.6. The first-order chi connectivity index (χ1) is 16.3. The molecule has 2 aliphatic rings. The summed E-state index contributed by atoms with van der Waals surface area (Å²) in [5.41, 5.74) is -1.60.